The van der Waals surface area contributed by atoms with Crippen molar-refractivity contribution in [1.82, 2.24) is 14.9 Å². The third-order valence-electron chi connectivity index (χ3n) is 3.60. The second kappa shape index (κ2) is 9.56. The van der Waals surface area contributed by atoms with E-state index in [0.29, 0.717) is 18.7 Å². The number of nitrogens with one attached hydrogen (secondary N) is 2. The van der Waals surface area contributed by atoms with Gasteiger partial charge in [0, 0.05) is 24.7 Å². The molecule has 0 unspecified atom stereocenters. The maximum atomic E-state index is 12.5. The van der Waals surface area contributed by atoms with Crippen LogP contribution in [0.5, 0.6) is 0 Å². The Morgan fingerprint density at radius 3 is 2.58 bits per heavy atom. The Balaban J connectivity index is 2.87. The molecule has 6 nitrogen and oxygen atoms in total. The van der Waals surface area contributed by atoms with Crippen LogP contribution in [-0.2, 0) is 10.0 Å². The van der Waals surface area contributed by atoms with Gasteiger partial charge in [-0.3, -0.25) is 4.79 Å². The Hall–Kier alpha value is -1.70. The highest BCUT2D eigenvalue weighted by atomic mass is 32.2. The fraction of sp³-hybridized carbons (Fsp3) is 0.471. The van der Waals surface area contributed by atoms with Crippen molar-refractivity contribution in [3.8, 4) is 0 Å². The third-order valence-corrected chi connectivity index (χ3v) is 5.18. The lowest BCUT2D eigenvalue weighted by Crippen LogP contribution is -2.41. The molecule has 1 aromatic rings. The van der Waals surface area contributed by atoms with E-state index in [0.717, 1.165) is 13.1 Å². The second-order valence-electron chi connectivity index (χ2n) is 5.53. The Labute approximate surface area is 145 Å². The first-order valence-electron chi connectivity index (χ1n) is 8.07. The smallest absolute Gasteiger partial charge is 0.251 e. The quantitative estimate of drug-likeness (QED) is 0.627. The van der Waals surface area contributed by atoms with E-state index >= 15 is 0 Å². The van der Waals surface area contributed by atoms with E-state index in [4.69, 9.17) is 0 Å². The number of hydrogen-bond donors (Lipinski definition) is 2. The fourth-order valence-electron chi connectivity index (χ4n) is 2.31. The number of hydrogen-bond acceptors (Lipinski definition) is 4. The minimum absolute atomic E-state index is 0.0835. The van der Waals surface area contributed by atoms with Crippen LogP contribution in [0.2, 0.25) is 0 Å². The summed E-state index contributed by atoms with van der Waals surface area (Å²) >= 11 is 0. The summed E-state index contributed by atoms with van der Waals surface area (Å²) in [5.41, 5.74) is 0.302. The Morgan fingerprint density at radius 2 is 2.00 bits per heavy atom. The monoisotopic (exact) mass is 353 g/mol. The lowest BCUT2D eigenvalue weighted by Gasteiger charge is -2.23. The first-order valence-corrected chi connectivity index (χ1v) is 9.56. The van der Waals surface area contributed by atoms with Crippen molar-refractivity contribution >= 4 is 15.9 Å². The average Bonchev–Trinajstić information content (AvgIpc) is 2.57. The zero-order valence-electron chi connectivity index (χ0n) is 14.6. The van der Waals surface area contributed by atoms with E-state index in [9.17, 15) is 13.2 Å². The molecule has 0 aliphatic carbocycles. The number of likely N-dealkylation sites (N-methyl/N-ethyl adjacent to an activating group) is 1. The Morgan fingerprint density at radius 1 is 1.33 bits per heavy atom. The Bertz CT molecular complexity index is 655. The number of amides is 1. The van der Waals surface area contributed by atoms with Crippen LogP contribution in [0.4, 0.5) is 0 Å². The molecule has 0 aliphatic heterocycles. The minimum Gasteiger partial charge on any atom is -0.349 e. The van der Waals surface area contributed by atoms with Gasteiger partial charge in [0.15, 0.2) is 0 Å². The predicted octanol–water partition coefficient (Wildman–Crippen LogP) is 1.61. The van der Waals surface area contributed by atoms with Crippen LogP contribution in [0.3, 0.4) is 0 Å². The normalized spacial score (nSPS) is 12.8. The van der Waals surface area contributed by atoms with Crippen molar-refractivity contribution in [3.05, 3.63) is 42.5 Å². The van der Waals surface area contributed by atoms with Crippen LogP contribution >= 0.6 is 0 Å². The third kappa shape index (κ3) is 6.07. The number of nitrogens with zero attached hydrogens (tertiary/aromatic N) is 1. The van der Waals surface area contributed by atoms with E-state index in [1.54, 1.807) is 18.2 Å². The number of carbonyl (C=O) groups excluding carboxylic acids is 1. The lowest BCUT2D eigenvalue weighted by atomic mass is 10.2. The predicted molar refractivity (Wildman–Crippen MR) is 96.5 cm³/mol. The highest BCUT2D eigenvalue weighted by molar-refractivity contribution is 7.89. The summed E-state index contributed by atoms with van der Waals surface area (Å²) in [6.07, 6.45) is 1.56. The van der Waals surface area contributed by atoms with Crippen LogP contribution in [0, 0.1) is 0 Å². The van der Waals surface area contributed by atoms with Crippen molar-refractivity contribution < 1.29 is 13.2 Å². The van der Waals surface area contributed by atoms with Crippen LogP contribution < -0.4 is 10.0 Å². The maximum absolute atomic E-state index is 12.5. The van der Waals surface area contributed by atoms with Crippen molar-refractivity contribution in [3.63, 3.8) is 0 Å². The van der Waals surface area contributed by atoms with Gasteiger partial charge in [0.1, 0.15) is 0 Å². The lowest BCUT2D eigenvalue weighted by molar-refractivity contribution is 0.0958. The molecule has 0 aliphatic rings. The summed E-state index contributed by atoms with van der Waals surface area (Å²) in [5, 5.41) is 2.63. The van der Waals surface area contributed by atoms with Gasteiger partial charge in [-0.1, -0.05) is 26.0 Å². The highest BCUT2D eigenvalue weighted by Gasteiger charge is 2.19. The molecule has 1 aromatic carbocycles. The van der Waals surface area contributed by atoms with Gasteiger partial charge in [-0.15, -0.1) is 6.58 Å². The summed E-state index contributed by atoms with van der Waals surface area (Å²) in [4.78, 5) is 14.2. The van der Waals surface area contributed by atoms with Gasteiger partial charge in [-0.05, 0) is 38.2 Å². The van der Waals surface area contributed by atoms with Gasteiger partial charge in [0.25, 0.3) is 5.91 Å². The standard InChI is InChI=1S/C17H27N3O3S/c1-5-11-18-17(21)15-9-8-10-16(12-15)24(22,23)19-14(4)13-20(6-2)7-3/h5,8-10,12,14,19H,1,6-7,11,13H2,2-4H3,(H,18,21)/t14-/m0/s1. The van der Waals surface area contributed by atoms with Crippen molar-refractivity contribution in [1.29, 1.82) is 0 Å². The highest BCUT2D eigenvalue weighted by Crippen LogP contribution is 2.12. The van der Waals surface area contributed by atoms with E-state index in [1.807, 2.05) is 20.8 Å². The van der Waals surface area contributed by atoms with Gasteiger partial charge in [-0.25, -0.2) is 13.1 Å². The molecule has 1 rings (SSSR count). The van der Waals surface area contributed by atoms with Crippen LogP contribution in [-0.4, -0.2) is 51.4 Å². The van der Waals surface area contributed by atoms with Gasteiger partial charge in [0.05, 0.1) is 4.90 Å². The summed E-state index contributed by atoms with van der Waals surface area (Å²) < 4.78 is 27.7. The van der Waals surface area contributed by atoms with Crippen molar-refractivity contribution in [2.24, 2.45) is 0 Å². The molecule has 0 fully saturated rings. The Kier molecular flexibility index (Phi) is 8.10. The molecule has 0 saturated carbocycles. The van der Waals surface area contributed by atoms with Gasteiger partial charge in [0.2, 0.25) is 10.0 Å². The SMILES string of the molecule is C=CCNC(=O)c1cccc(S(=O)(=O)N[C@@H](C)CN(CC)CC)c1. The summed E-state index contributed by atoms with van der Waals surface area (Å²) in [6.45, 7) is 12.1. The molecular weight excluding hydrogens is 326 g/mol. The molecule has 0 saturated heterocycles. The molecule has 2 N–H and O–H groups in total. The van der Waals surface area contributed by atoms with E-state index in [1.165, 1.54) is 12.1 Å². The summed E-state index contributed by atoms with van der Waals surface area (Å²) in [7, 11) is -3.67. The molecule has 0 heterocycles. The topological polar surface area (TPSA) is 78.5 Å². The van der Waals surface area contributed by atoms with E-state index in [-0.39, 0.29) is 16.8 Å². The maximum Gasteiger partial charge on any atom is 0.251 e. The van der Waals surface area contributed by atoms with Gasteiger partial charge >= 0.3 is 0 Å². The largest absolute Gasteiger partial charge is 0.349 e. The van der Waals surface area contributed by atoms with E-state index < -0.39 is 10.0 Å². The molecule has 0 spiro atoms. The van der Waals surface area contributed by atoms with Crippen LogP contribution in [0.1, 0.15) is 31.1 Å². The minimum atomic E-state index is -3.67. The van der Waals surface area contributed by atoms with Crippen LogP contribution in [0.25, 0.3) is 0 Å². The first kappa shape index (κ1) is 20.3. The molecule has 1 amide bonds. The molecule has 24 heavy (non-hydrogen) atoms. The van der Waals surface area contributed by atoms with Crippen molar-refractivity contribution in [2.45, 2.75) is 31.7 Å². The fourth-order valence-corrected chi connectivity index (χ4v) is 3.59. The average molecular weight is 353 g/mol. The molecule has 0 bridgehead atoms. The zero-order chi connectivity index (χ0) is 18.2. The van der Waals surface area contributed by atoms with E-state index in [2.05, 4.69) is 21.5 Å². The number of rotatable bonds is 10. The van der Waals surface area contributed by atoms with Crippen molar-refractivity contribution in [2.75, 3.05) is 26.2 Å². The molecular formula is C17H27N3O3S. The van der Waals surface area contributed by atoms with Gasteiger partial charge < -0.3 is 10.2 Å². The number of benzene rings is 1. The summed E-state index contributed by atoms with van der Waals surface area (Å²) in [5.74, 6) is -0.330. The van der Waals surface area contributed by atoms with Gasteiger partial charge in [-0.2, -0.15) is 0 Å². The molecule has 7 heteroatoms. The number of carbonyl (C=O) groups is 1. The number of sulfonamides is 1. The molecule has 0 aromatic heterocycles. The molecule has 0 radical (unpaired) electrons. The first-order chi connectivity index (χ1) is 11.3. The second-order valence-corrected chi connectivity index (χ2v) is 7.25. The summed E-state index contributed by atoms with van der Waals surface area (Å²) in [6, 6.07) is 5.78. The zero-order valence-corrected chi connectivity index (χ0v) is 15.4. The molecule has 1 atom stereocenters. The molecule has 134 valence electrons. The van der Waals surface area contributed by atoms with Crippen LogP contribution in [0.15, 0.2) is 41.8 Å².